The molecule has 0 aromatic heterocycles. The van der Waals surface area contributed by atoms with E-state index in [0.717, 1.165) is 66.5 Å². The Hall–Kier alpha value is -5.05. The van der Waals surface area contributed by atoms with Crippen LogP contribution in [0, 0.1) is 0 Å². The second-order valence-electron chi connectivity index (χ2n) is 10.3. The van der Waals surface area contributed by atoms with Crippen LogP contribution in [0.5, 0.6) is 17.2 Å². The van der Waals surface area contributed by atoms with Crippen LogP contribution in [0.3, 0.4) is 0 Å². The summed E-state index contributed by atoms with van der Waals surface area (Å²) in [6.45, 7) is 0. The molecule has 0 unspecified atom stereocenters. The zero-order valence-electron chi connectivity index (χ0n) is 24.9. The molecule has 0 atom stereocenters. The van der Waals surface area contributed by atoms with E-state index in [1.54, 1.807) is 21.3 Å². The molecular weight excluding hydrogens is 563 g/mol. The predicted molar refractivity (Wildman–Crippen MR) is 182 cm³/mol. The van der Waals surface area contributed by atoms with Crippen molar-refractivity contribution in [3.05, 3.63) is 146 Å². The van der Waals surface area contributed by atoms with Crippen LogP contribution in [0.2, 0.25) is 0 Å². The summed E-state index contributed by atoms with van der Waals surface area (Å²) < 4.78 is 32.8. The molecule has 0 fully saturated rings. The molecule has 6 aromatic rings. The minimum Gasteiger partial charge on any atom is -0.497 e. The van der Waals surface area contributed by atoms with Crippen molar-refractivity contribution in [2.45, 2.75) is 0 Å². The standard InChI is InChI=1S/C39H33O4P/c1-41-31-22-16-28(17-23-31)34-10-4-7-13-37(34)44(40,38-14-8-5-11-35(38)29-18-24-32(42-2)25-19-29)39-15-9-6-12-36(39)30-20-26-33(43-3)27-21-30/h4-27H,1-3H3. The molecule has 0 heterocycles. The van der Waals surface area contributed by atoms with Gasteiger partial charge in [0.05, 0.1) is 21.3 Å². The van der Waals surface area contributed by atoms with Crippen molar-refractivity contribution in [3.63, 3.8) is 0 Å². The molecule has 0 N–H and O–H groups in total. The van der Waals surface area contributed by atoms with E-state index < -0.39 is 7.14 Å². The van der Waals surface area contributed by atoms with Gasteiger partial charge in [-0.2, -0.15) is 0 Å². The van der Waals surface area contributed by atoms with Gasteiger partial charge in [0.1, 0.15) is 17.2 Å². The van der Waals surface area contributed by atoms with Crippen LogP contribution in [-0.4, -0.2) is 21.3 Å². The van der Waals surface area contributed by atoms with E-state index in [4.69, 9.17) is 14.2 Å². The van der Waals surface area contributed by atoms with E-state index in [0.29, 0.717) is 0 Å². The summed E-state index contributed by atoms with van der Waals surface area (Å²) in [7, 11) is 1.43. The number of rotatable bonds is 9. The van der Waals surface area contributed by atoms with E-state index in [9.17, 15) is 0 Å². The van der Waals surface area contributed by atoms with Gasteiger partial charge in [-0.3, -0.25) is 0 Å². The van der Waals surface area contributed by atoms with Gasteiger partial charge in [0, 0.05) is 15.9 Å². The Balaban J connectivity index is 1.67. The maximum atomic E-state index is 16.5. The molecule has 0 aliphatic heterocycles. The zero-order chi connectivity index (χ0) is 30.5. The molecule has 0 amide bonds. The Bertz CT molecular complexity index is 1700. The minimum atomic E-state index is -3.54. The molecule has 0 bridgehead atoms. The molecule has 0 aliphatic carbocycles. The maximum absolute atomic E-state index is 16.5. The van der Waals surface area contributed by atoms with Gasteiger partial charge in [-0.15, -0.1) is 0 Å². The maximum Gasteiger partial charge on any atom is 0.172 e. The highest BCUT2D eigenvalue weighted by Gasteiger charge is 2.36. The lowest BCUT2D eigenvalue weighted by atomic mass is 10.1. The number of hydrogen-bond donors (Lipinski definition) is 0. The third-order valence-electron chi connectivity index (χ3n) is 7.93. The van der Waals surface area contributed by atoms with Crippen LogP contribution < -0.4 is 30.1 Å². The van der Waals surface area contributed by atoms with Crippen LogP contribution in [0.25, 0.3) is 33.4 Å². The van der Waals surface area contributed by atoms with Gasteiger partial charge in [0.25, 0.3) is 0 Å². The minimum absolute atomic E-state index is 0.768. The molecule has 44 heavy (non-hydrogen) atoms. The first-order chi connectivity index (χ1) is 21.6. The molecule has 0 radical (unpaired) electrons. The summed E-state index contributed by atoms with van der Waals surface area (Å²) in [6, 6.07) is 47.9. The van der Waals surface area contributed by atoms with Crippen molar-refractivity contribution in [1.29, 1.82) is 0 Å². The summed E-state index contributed by atoms with van der Waals surface area (Å²) >= 11 is 0. The largest absolute Gasteiger partial charge is 0.497 e. The average Bonchev–Trinajstić information content (AvgIpc) is 3.11. The molecule has 0 saturated heterocycles. The van der Waals surface area contributed by atoms with Gasteiger partial charge in [-0.25, -0.2) is 0 Å². The Morgan fingerprint density at radius 2 is 0.614 bits per heavy atom. The lowest BCUT2D eigenvalue weighted by Crippen LogP contribution is -2.28. The Morgan fingerprint density at radius 3 is 0.864 bits per heavy atom. The Labute approximate surface area is 258 Å². The number of ether oxygens (including phenoxy) is 3. The molecule has 0 aliphatic rings. The fourth-order valence-electron chi connectivity index (χ4n) is 5.68. The Morgan fingerprint density at radius 1 is 0.364 bits per heavy atom. The molecule has 0 spiro atoms. The van der Waals surface area contributed by atoms with Gasteiger partial charge >= 0.3 is 0 Å². The topological polar surface area (TPSA) is 44.8 Å². The van der Waals surface area contributed by atoms with E-state index >= 15 is 4.57 Å². The lowest BCUT2D eigenvalue weighted by Gasteiger charge is -2.27. The fraction of sp³-hybridized carbons (Fsp3) is 0.0769. The van der Waals surface area contributed by atoms with E-state index in [1.165, 1.54) is 0 Å². The number of methoxy groups -OCH3 is 3. The van der Waals surface area contributed by atoms with Gasteiger partial charge in [-0.1, -0.05) is 109 Å². The zero-order valence-corrected chi connectivity index (χ0v) is 25.8. The van der Waals surface area contributed by atoms with Crippen molar-refractivity contribution in [2.75, 3.05) is 21.3 Å². The van der Waals surface area contributed by atoms with Gasteiger partial charge in [-0.05, 0) is 69.8 Å². The van der Waals surface area contributed by atoms with Gasteiger partial charge in [0.15, 0.2) is 7.14 Å². The van der Waals surface area contributed by atoms with Crippen LogP contribution >= 0.6 is 7.14 Å². The second kappa shape index (κ2) is 12.7. The molecule has 218 valence electrons. The van der Waals surface area contributed by atoms with Crippen molar-refractivity contribution in [3.8, 4) is 50.6 Å². The van der Waals surface area contributed by atoms with E-state index in [1.807, 2.05) is 127 Å². The van der Waals surface area contributed by atoms with Gasteiger partial charge < -0.3 is 18.8 Å². The molecular formula is C39H33O4P. The van der Waals surface area contributed by atoms with Crippen LogP contribution in [-0.2, 0) is 4.57 Å². The quantitative estimate of drug-likeness (QED) is 0.157. The van der Waals surface area contributed by atoms with Crippen LogP contribution in [0.15, 0.2) is 146 Å². The highest BCUT2D eigenvalue weighted by molar-refractivity contribution is 7.86. The first-order valence-corrected chi connectivity index (χ1v) is 16.1. The van der Waals surface area contributed by atoms with Crippen LogP contribution in [0.1, 0.15) is 0 Å². The summed E-state index contributed by atoms with van der Waals surface area (Å²) in [5, 5.41) is 2.31. The molecule has 4 nitrogen and oxygen atoms in total. The third-order valence-corrected chi connectivity index (χ3v) is 11.1. The Kier molecular flexibility index (Phi) is 8.36. The second-order valence-corrected chi connectivity index (χ2v) is 13.0. The van der Waals surface area contributed by atoms with Crippen molar-refractivity contribution < 1.29 is 18.8 Å². The number of benzene rings is 6. The van der Waals surface area contributed by atoms with E-state index in [-0.39, 0.29) is 0 Å². The normalized spacial score (nSPS) is 11.2. The molecule has 6 aromatic carbocycles. The van der Waals surface area contributed by atoms with Crippen molar-refractivity contribution in [2.24, 2.45) is 0 Å². The summed E-state index contributed by atoms with van der Waals surface area (Å²) in [6.07, 6.45) is 0. The van der Waals surface area contributed by atoms with Crippen LogP contribution in [0.4, 0.5) is 0 Å². The monoisotopic (exact) mass is 596 g/mol. The van der Waals surface area contributed by atoms with Gasteiger partial charge in [0.2, 0.25) is 0 Å². The van der Waals surface area contributed by atoms with Crippen molar-refractivity contribution in [1.82, 2.24) is 0 Å². The average molecular weight is 597 g/mol. The predicted octanol–water partition coefficient (Wildman–Crippen LogP) is 8.35. The fourth-order valence-corrected chi connectivity index (χ4v) is 8.97. The highest BCUT2D eigenvalue weighted by atomic mass is 31.2. The molecule has 0 saturated carbocycles. The summed E-state index contributed by atoms with van der Waals surface area (Å²) in [5.74, 6) is 2.30. The van der Waals surface area contributed by atoms with Crippen molar-refractivity contribution >= 4 is 23.1 Å². The first kappa shape index (κ1) is 29.0. The highest BCUT2D eigenvalue weighted by Crippen LogP contribution is 2.50. The smallest absolute Gasteiger partial charge is 0.172 e. The molecule has 5 heteroatoms. The first-order valence-electron chi connectivity index (χ1n) is 14.4. The summed E-state index contributed by atoms with van der Waals surface area (Å²) in [5.41, 5.74) is 5.62. The SMILES string of the molecule is COc1ccc(-c2ccccc2P(=O)(c2ccccc2-c2ccc(OC)cc2)c2ccccc2-c2ccc(OC)cc2)cc1. The summed E-state index contributed by atoms with van der Waals surface area (Å²) in [4.78, 5) is 0. The van der Waals surface area contributed by atoms with E-state index in [2.05, 4.69) is 18.2 Å². The number of hydrogen-bond acceptors (Lipinski definition) is 4. The third kappa shape index (κ3) is 5.41. The molecule has 6 rings (SSSR count). The lowest BCUT2D eigenvalue weighted by molar-refractivity contribution is 0.415.